The van der Waals surface area contributed by atoms with Crippen LogP contribution in [-0.2, 0) is 24.3 Å². The van der Waals surface area contributed by atoms with Crippen molar-refractivity contribution in [3.05, 3.63) is 17.5 Å². The Balaban J connectivity index is 1.98. The first-order chi connectivity index (χ1) is 8.67. The molecule has 102 valence electrons. The van der Waals surface area contributed by atoms with E-state index in [-0.39, 0.29) is 5.60 Å². The molecule has 0 saturated carbocycles. The predicted molar refractivity (Wildman–Crippen MR) is 72.6 cm³/mol. The zero-order chi connectivity index (χ0) is 13.0. The van der Waals surface area contributed by atoms with Gasteiger partial charge < -0.3 is 10.1 Å². The van der Waals surface area contributed by atoms with E-state index in [1.807, 2.05) is 0 Å². The topological polar surface area (TPSA) is 39.1 Å². The molecule has 1 fully saturated rings. The van der Waals surface area contributed by atoms with Crippen molar-refractivity contribution in [3.8, 4) is 0 Å². The Morgan fingerprint density at radius 3 is 2.94 bits per heavy atom. The third kappa shape index (κ3) is 3.12. The first-order valence-corrected chi connectivity index (χ1v) is 7.07. The number of nitrogens with one attached hydrogen (secondary N) is 1. The summed E-state index contributed by atoms with van der Waals surface area (Å²) < 4.78 is 8.19. The SMILES string of the molecule is CCc1cc(COC2(C)CCCNC2)n(CC)n1. The minimum Gasteiger partial charge on any atom is -0.368 e. The second kappa shape index (κ2) is 5.85. The fourth-order valence-corrected chi connectivity index (χ4v) is 2.48. The number of rotatable bonds is 5. The number of nitrogens with zero attached hydrogens (tertiary/aromatic N) is 2. The van der Waals surface area contributed by atoms with Crippen LogP contribution in [0.4, 0.5) is 0 Å². The van der Waals surface area contributed by atoms with Crippen LogP contribution in [0.1, 0.15) is 45.0 Å². The standard InChI is InChI=1S/C14H25N3O/c1-4-12-9-13(17(5-2)16-12)10-18-14(3)7-6-8-15-11-14/h9,15H,4-8,10-11H2,1-3H3. The van der Waals surface area contributed by atoms with E-state index in [2.05, 4.69) is 41.9 Å². The fourth-order valence-electron chi connectivity index (χ4n) is 2.48. The summed E-state index contributed by atoms with van der Waals surface area (Å²) >= 11 is 0. The van der Waals surface area contributed by atoms with Gasteiger partial charge in [-0.25, -0.2) is 0 Å². The summed E-state index contributed by atoms with van der Waals surface area (Å²) in [6.07, 6.45) is 3.32. The van der Waals surface area contributed by atoms with Crippen LogP contribution in [0.15, 0.2) is 6.07 Å². The minimum absolute atomic E-state index is 0.0204. The molecule has 1 saturated heterocycles. The number of ether oxygens (including phenoxy) is 1. The number of aromatic nitrogens is 2. The van der Waals surface area contributed by atoms with Gasteiger partial charge in [0.2, 0.25) is 0 Å². The summed E-state index contributed by atoms with van der Waals surface area (Å²) in [7, 11) is 0. The Bertz CT molecular complexity index is 380. The molecule has 4 nitrogen and oxygen atoms in total. The number of piperidine rings is 1. The molecule has 0 amide bonds. The van der Waals surface area contributed by atoms with Crippen LogP contribution in [-0.4, -0.2) is 28.5 Å². The van der Waals surface area contributed by atoms with Crippen molar-refractivity contribution in [2.45, 2.75) is 58.8 Å². The van der Waals surface area contributed by atoms with Gasteiger partial charge in [0.05, 0.1) is 23.6 Å². The lowest BCUT2D eigenvalue weighted by Gasteiger charge is -2.34. The zero-order valence-corrected chi connectivity index (χ0v) is 11.8. The van der Waals surface area contributed by atoms with Gasteiger partial charge in [0.15, 0.2) is 0 Å². The molecule has 1 aliphatic heterocycles. The number of hydrogen-bond acceptors (Lipinski definition) is 3. The Kier molecular flexibility index (Phi) is 4.40. The molecule has 2 rings (SSSR count). The Labute approximate surface area is 110 Å². The van der Waals surface area contributed by atoms with Gasteiger partial charge in [-0.3, -0.25) is 4.68 Å². The molecule has 0 aliphatic carbocycles. The Hall–Kier alpha value is -0.870. The summed E-state index contributed by atoms with van der Waals surface area (Å²) in [5.41, 5.74) is 2.33. The molecule has 0 spiro atoms. The molecule has 0 aromatic carbocycles. The van der Waals surface area contributed by atoms with Crippen molar-refractivity contribution in [1.82, 2.24) is 15.1 Å². The van der Waals surface area contributed by atoms with Crippen LogP contribution in [0.25, 0.3) is 0 Å². The Morgan fingerprint density at radius 1 is 1.50 bits per heavy atom. The van der Waals surface area contributed by atoms with Gasteiger partial charge in [-0.15, -0.1) is 0 Å². The lowest BCUT2D eigenvalue weighted by molar-refractivity contribution is -0.0594. The van der Waals surface area contributed by atoms with E-state index in [1.165, 1.54) is 12.1 Å². The van der Waals surface area contributed by atoms with Crippen molar-refractivity contribution < 1.29 is 4.74 Å². The van der Waals surface area contributed by atoms with Crippen LogP contribution in [0.5, 0.6) is 0 Å². The first kappa shape index (κ1) is 13.6. The quantitative estimate of drug-likeness (QED) is 0.871. The molecule has 0 bridgehead atoms. The summed E-state index contributed by atoms with van der Waals surface area (Å²) in [5, 5.41) is 7.96. The highest BCUT2D eigenvalue weighted by Gasteiger charge is 2.27. The minimum atomic E-state index is -0.0204. The van der Waals surface area contributed by atoms with Crippen LogP contribution in [0, 0.1) is 0 Å². The molecule has 4 heteroatoms. The van der Waals surface area contributed by atoms with Gasteiger partial charge in [0.1, 0.15) is 0 Å². The molecular formula is C14H25N3O. The highest BCUT2D eigenvalue weighted by Crippen LogP contribution is 2.22. The van der Waals surface area contributed by atoms with Gasteiger partial charge >= 0.3 is 0 Å². The van der Waals surface area contributed by atoms with E-state index in [4.69, 9.17) is 4.74 Å². The maximum Gasteiger partial charge on any atom is 0.0892 e. The molecule has 1 aromatic heterocycles. The van der Waals surface area contributed by atoms with Gasteiger partial charge in [-0.05, 0) is 45.7 Å². The van der Waals surface area contributed by atoms with Crippen LogP contribution >= 0.6 is 0 Å². The molecular weight excluding hydrogens is 226 g/mol. The number of hydrogen-bond donors (Lipinski definition) is 1. The van der Waals surface area contributed by atoms with Crippen LogP contribution in [0.3, 0.4) is 0 Å². The van der Waals surface area contributed by atoms with Crippen molar-refractivity contribution in [2.24, 2.45) is 0 Å². The van der Waals surface area contributed by atoms with Crippen molar-refractivity contribution in [3.63, 3.8) is 0 Å². The van der Waals surface area contributed by atoms with Crippen molar-refractivity contribution in [2.75, 3.05) is 13.1 Å². The van der Waals surface area contributed by atoms with E-state index in [1.54, 1.807) is 0 Å². The van der Waals surface area contributed by atoms with Crippen molar-refractivity contribution >= 4 is 0 Å². The molecule has 2 heterocycles. The summed E-state index contributed by atoms with van der Waals surface area (Å²) in [4.78, 5) is 0. The van der Waals surface area contributed by atoms with Gasteiger partial charge in [0.25, 0.3) is 0 Å². The predicted octanol–water partition coefficient (Wildman–Crippen LogP) is 2.12. The lowest BCUT2D eigenvalue weighted by atomic mass is 9.96. The molecule has 1 unspecified atom stereocenters. The smallest absolute Gasteiger partial charge is 0.0892 e. The first-order valence-electron chi connectivity index (χ1n) is 7.07. The summed E-state index contributed by atoms with van der Waals surface area (Å²) in [6.45, 7) is 10.1. The lowest BCUT2D eigenvalue weighted by Crippen LogP contribution is -2.45. The molecule has 1 N–H and O–H groups in total. The summed E-state index contributed by atoms with van der Waals surface area (Å²) in [5.74, 6) is 0. The maximum absolute atomic E-state index is 6.13. The third-order valence-electron chi connectivity index (χ3n) is 3.70. The van der Waals surface area contributed by atoms with Crippen LogP contribution < -0.4 is 5.32 Å². The monoisotopic (exact) mass is 251 g/mol. The van der Waals surface area contributed by atoms with Gasteiger partial charge in [-0.1, -0.05) is 6.92 Å². The highest BCUT2D eigenvalue weighted by molar-refractivity contribution is 5.09. The van der Waals surface area contributed by atoms with E-state index < -0.39 is 0 Å². The van der Waals surface area contributed by atoms with Crippen LogP contribution in [0.2, 0.25) is 0 Å². The average molecular weight is 251 g/mol. The summed E-state index contributed by atoms with van der Waals surface area (Å²) in [6, 6.07) is 2.17. The van der Waals surface area contributed by atoms with E-state index in [9.17, 15) is 0 Å². The maximum atomic E-state index is 6.13. The van der Waals surface area contributed by atoms with Gasteiger partial charge in [0, 0.05) is 13.1 Å². The molecule has 18 heavy (non-hydrogen) atoms. The van der Waals surface area contributed by atoms with E-state index in [0.717, 1.165) is 38.2 Å². The Morgan fingerprint density at radius 2 is 2.33 bits per heavy atom. The molecule has 1 aromatic rings. The number of aryl methyl sites for hydroxylation is 2. The van der Waals surface area contributed by atoms with Crippen molar-refractivity contribution in [1.29, 1.82) is 0 Å². The normalized spacial score (nSPS) is 24.4. The fraction of sp³-hybridized carbons (Fsp3) is 0.786. The largest absolute Gasteiger partial charge is 0.368 e. The molecule has 1 atom stereocenters. The average Bonchev–Trinajstić information content (AvgIpc) is 2.80. The zero-order valence-electron chi connectivity index (χ0n) is 11.8. The van der Waals surface area contributed by atoms with E-state index in [0.29, 0.717) is 6.61 Å². The second-order valence-corrected chi connectivity index (χ2v) is 5.32. The second-order valence-electron chi connectivity index (χ2n) is 5.32. The van der Waals surface area contributed by atoms with Gasteiger partial charge in [-0.2, -0.15) is 5.10 Å². The highest BCUT2D eigenvalue weighted by atomic mass is 16.5. The molecule has 0 radical (unpaired) electrons. The van der Waals surface area contributed by atoms with E-state index >= 15 is 0 Å². The third-order valence-corrected chi connectivity index (χ3v) is 3.70. The molecule has 1 aliphatic rings.